The van der Waals surface area contributed by atoms with Crippen LogP contribution in [0.2, 0.25) is 0 Å². The first-order chi connectivity index (χ1) is 8.58. The number of nitrogens with zero attached hydrogens (tertiary/aromatic N) is 3. The van der Waals surface area contributed by atoms with Gasteiger partial charge in [-0.2, -0.15) is 0 Å². The molecule has 1 aromatic rings. The normalized spacial score (nSPS) is 16.4. The lowest BCUT2D eigenvalue weighted by atomic mass is 10.1. The second kappa shape index (κ2) is 5.33. The number of rotatable bonds is 3. The summed E-state index contributed by atoms with van der Waals surface area (Å²) in [6.07, 6.45) is 4.41. The molecule has 0 aromatic carbocycles. The maximum Gasteiger partial charge on any atom is 0.293 e. The number of carbonyl (C=O) groups excluding carboxylic acids is 1. The van der Waals surface area contributed by atoms with Gasteiger partial charge in [0.05, 0.1) is 0 Å². The van der Waals surface area contributed by atoms with Gasteiger partial charge in [0.2, 0.25) is 0 Å². The minimum Gasteiger partial charge on any atom is -0.351 e. The maximum atomic E-state index is 12.3. The van der Waals surface area contributed by atoms with E-state index < -0.39 is 0 Å². The zero-order valence-electron chi connectivity index (χ0n) is 10.9. The Hall–Kier alpha value is -1.65. The monoisotopic (exact) mass is 249 g/mol. The second-order valence-electron chi connectivity index (χ2n) is 5.13. The van der Waals surface area contributed by atoms with E-state index in [4.69, 9.17) is 0 Å². The number of carbonyl (C=O) groups is 1. The lowest BCUT2D eigenvalue weighted by Crippen LogP contribution is -2.39. The first-order valence-electron chi connectivity index (χ1n) is 6.40. The highest BCUT2D eigenvalue weighted by molar-refractivity contribution is 5.80. The third-order valence-electron chi connectivity index (χ3n) is 3.08. The molecule has 1 fully saturated rings. The van der Waals surface area contributed by atoms with E-state index in [9.17, 15) is 9.59 Å². The van der Waals surface area contributed by atoms with Crippen LogP contribution in [-0.4, -0.2) is 28.4 Å². The van der Waals surface area contributed by atoms with E-state index in [1.807, 2.05) is 4.90 Å². The molecule has 0 N–H and O–H groups in total. The molecule has 0 bridgehead atoms. The molecular formula is C13H19N3O2. The summed E-state index contributed by atoms with van der Waals surface area (Å²) in [4.78, 5) is 29.6. The first-order valence-corrected chi connectivity index (χ1v) is 6.40. The van der Waals surface area contributed by atoms with Gasteiger partial charge in [0.25, 0.3) is 5.56 Å². The molecule has 0 amide bonds. The van der Waals surface area contributed by atoms with Crippen molar-refractivity contribution in [3.63, 3.8) is 0 Å². The zero-order chi connectivity index (χ0) is 13.1. The number of ketones is 1. The predicted octanol–water partition coefficient (Wildman–Crippen LogP) is 1.07. The smallest absolute Gasteiger partial charge is 0.293 e. The van der Waals surface area contributed by atoms with Crippen molar-refractivity contribution in [2.75, 3.05) is 18.0 Å². The molecule has 98 valence electrons. The fourth-order valence-corrected chi connectivity index (χ4v) is 2.16. The van der Waals surface area contributed by atoms with Crippen molar-refractivity contribution in [1.82, 2.24) is 9.55 Å². The van der Waals surface area contributed by atoms with Gasteiger partial charge in [0, 0.05) is 44.9 Å². The lowest BCUT2D eigenvalue weighted by molar-refractivity contribution is -0.119. The number of hydrogen-bond acceptors (Lipinski definition) is 4. The van der Waals surface area contributed by atoms with Crippen LogP contribution in [0.4, 0.5) is 5.82 Å². The Morgan fingerprint density at radius 1 is 1.28 bits per heavy atom. The van der Waals surface area contributed by atoms with Crippen LogP contribution in [0.3, 0.4) is 0 Å². The predicted molar refractivity (Wildman–Crippen MR) is 69.8 cm³/mol. The Morgan fingerprint density at radius 2 is 1.94 bits per heavy atom. The average Bonchev–Trinajstić information content (AvgIpc) is 2.33. The van der Waals surface area contributed by atoms with Crippen molar-refractivity contribution in [2.45, 2.75) is 33.2 Å². The molecule has 1 aromatic heterocycles. The van der Waals surface area contributed by atoms with Gasteiger partial charge in [-0.25, -0.2) is 4.98 Å². The molecule has 0 saturated carbocycles. The molecule has 5 heteroatoms. The van der Waals surface area contributed by atoms with Crippen molar-refractivity contribution in [2.24, 2.45) is 5.92 Å². The van der Waals surface area contributed by atoms with Gasteiger partial charge in [0.15, 0.2) is 5.82 Å². The summed E-state index contributed by atoms with van der Waals surface area (Å²) in [7, 11) is 0. The summed E-state index contributed by atoms with van der Waals surface area (Å²) in [6.45, 7) is 6.05. The molecule has 2 heterocycles. The van der Waals surface area contributed by atoms with Crippen LogP contribution in [0.15, 0.2) is 17.2 Å². The van der Waals surface area contributed by atoms with E-state index in [0.717, 1.165) is 0 Å². The summed E-state index contributed by atoms with van der Waals surface area (Å²) < 4.78 is 1.70. The van der Waals surface area contributed by atoms with Crippen LogP contribution in [0.5, 0.6) is 0 Å². The van der Waals surface area contributed by atoms with Crippen LogP contribution in [0.1, 0.15) is 26.7 Å². The van der Waals surface area contributed by atoms with E-state index in [1.165, 1.54) is 0 Å². The number of aromatic nitrogens is 2. The Kier molecular flexibility index (Phi) is 3.79. The molecule has 0 atom stereocenters. The van der Waals surface area contributed by atoms with Crippen LogP contribution in [0, 0.1) is 5.92 Å². The highest BCUT2D eigenvalue weighted by Gasteiger charge is 2.20. The first kappa shape index (κ1) is 12.8. The zero-order valence-corrected chi connectivity index (χ0v) is 10.9. The van der Waals surface area contributed by atoms with Crippen molar-refractivity contribution < 1.29 is 4.79 Å². The fraction of sp³-hybridized carbons (Fsp3) is 0.615. The SMILES string of the molecule is CC(C)Cn1ccnc(N2CCC(=O)CC2)c1=O. The summed E-state index contributed by atoms with van der Waals surface area (Å²) >= 11 is 0. The number of anilines is 1. The Morgan fingerprint density at radius 3 is 2.56 bits per heavy atom. The van der Waals surface area contributed by atoms with Gasteiger partial charge in [-0.1, -0.05) is 13.8 Å². The minimum absolute atomic E-state index is 0.0550. The molecule has 0 radical (unpaired) electrons. The number of hydrogen-bond donors (Lipinski definition) is 0. The van der Waals surface area contributed by atoms with E-state index in [1.54, 1.807) is 17.0 Å². The maximum absolute atomic E-state index is 12.3. The van der Waals surface area contributed by atoms with Crippen LogP contribution >= 0.6 is 0 Å². The summed E-state index contributed by atoms with van der Waals surface area (Å²) in [5, 5.41) is 0. The highest BCUT2D eigenvalue weighted by Crippen LogP contribution is 2.11. The van der Waals surface area contributed by atoms with Gasteiger partial charge in [-0.3, -0.25) is 9.59 Å². The lowest BCUT2D eigenvalue weighted by Gasteiger charge is -2.26. The molecule has 5 nitrogen and oxygen atoms in total. The second-order valence-corrected chi connectivity index (χ2v) is 5.13. The third kappa shape index (κ3) is 2.78. The van der Waals surface area contributed by atoms with Gasteiger partial charge in [0.1, 0.15) is 5.78 Å². The van der Waals surface area contributed by atoms with E-state index in [2.05, 4.69) is 18.8 Å². The molecule has 1 aliphatic rings. The highest BCUT2D eigenvalue weighted by atomic mass is 16.1. The van der Waals surface area contributed by atoms with Crippen LogP contribution in [-0.2, 0) is 11.3 Å². The number of Topliss-reactive ketones (excluding diaryl/α,β-unsaturated/α-hetero) is 1. The standard InChI is InChI=1S/C13H19N3O2/c1-10(2)9-16-8-5-14-12(13(16)18)15-6-3-11(17)4-7-15/h5,8,10H,3-4,6-7,9H2,1-2H3. The Labute approximate surface area is 106 Å². The largest absolute Gasteiger partial charge is 0.351 e. The van der Waals surface area contributed by atoms with Crippen LogP contribution in [0.25, 0.3) is 0 Å². The van der Waals surface area contributed by atoms with Crippen molar-refractivity contribution in [1.29, 1.82) is 0 Å². The molecule has 0 aliphatic carbocycles. The molecule has 0 unspecified atom stereocenters. The van der Waals surface area contributed by atoms with E-state index in [-0.39, 0.29) is 11.3 Å². The van der Waals surface area contributed by atoms with Crippen molar-refractivity contribution >= 4 is 11.6 Å². The quantitative estimate of drug-likeness (QED) is 0.804. The molecule has 1 saturated heterocycles. The van der Waals surface area contributed by atoms with Gasteiger partial charge in [-0.05, 0) is 5.92 Å². The van der Waals surface area contributed by atoms with Crippen molar-refractivity contribution in [3.05, 3.63) is 22.7 Å². The molecular weight excluding hydrogens is 230 g/mol. The Balaban J connectivity index is 2.23. The Bertz CT molecular complexity index is 483. The molecule has 1 aliphatic heterocycles. The molecule has 18 heavy (non-hydrogen) atoms. The van der Waals surface area contributed by atoms with Gasteiger partial charge < -0.3 is 9.47 Å². The molecule has 0 spiro atoms. The third-order valence-corrected chi connectivity index (χ3v) is 3.08. The van der Waals surface area contributed by atoms with Gasteiger partial charge >= 0.3 is 0 Å². The van der Waals surface area contributed by atoms with E-state index >= 15 is 0 Å². The fourth-order valence-electron chi connectivity index (χ4n) is 2.16. The van der Waals surface area contributed by atoms with E-state index in [0.29, 0.717) is 44.2 Å². The summed E-state index contributed by atoms with van der Waals surface area (Å²) in [5.74, 6) is 1.16. The van der Waals surface area contributed by atoms with Crippen LogP contribution < -0.4 is 10.5 Å². The summed E-state index contributed by atoms with van der Waals surface area (Å²) in [5.41, 5.74) is -0.0550. The average molecular weight is 249 g/mol. The minimum atomic E-state index is -0.0550. The van der Waals surface area contributed by atoms with Gasteiger partial charge in [-0.15, -0.1) is 0 Å². The number of piperidine rings is 1. The van der Waals surface area contributed by atoms with Crippen molar-refractivity contribution in [3.8, 4) is 0 Å². The molecule has 2 rings (SSSR count). The summed E-state index contributed by atoms with van der Waals surface area (Å²) in [6, 6.07) is 0. The topological polar surface area (TPSA) is 55.2 Å².